The van der Waals surface area contributed by atoms with E-state index in [-0.39, 0.29) is 24.4 Å². The van der Waals surface area contributed by atoms with Gasteiger partial charge in [0.25, 0.3) is 0 Å². The van der Waals surface area contributed by atoms with E-state index >= 15 is 0 Å². The molecular formula is C23H25N3O5. The Bertz CT molecular complexity index is 1270. The number of benzene rings is 2. The molecule has 8 heteroatoms. The van der Waals surface area contributed by atoms with Crippen molar-refractivity contribution in [2.75, 3.05) is 13.2 Å². The minimum absolute atomic E-state index is 0.00798. The molecule has 0 radical (unpaired) electrons. The van der Waals surface area contributed by atoms with Gasteiger partial charge in [-0.3, -0.25) is 0 Å². The first-order chi connectivity index (χ1) is 14.8. The van der Waals surface area contributed by atoms with Gasteiger partial charge in [0.2, 0.25) is 0 Å². The summed E-state index contributed by atoms with van der Waals surface area (Å²) in [5.74, 6) is -0.878. The average molecular weight is 423 g/mol. The summed E-state index contributed by atoms with van der Waals surface area (Å²) < 4.78 is 13.7. The van der Waals surface area contributed by atoms with Crippen molar-refractivity contribution in [3.05, 3.63) is 60.2 Å². The summed E-state index contributed by atoms with van der Waals surface area (Å²) >= 11 is 0. The zero-order valence-electron chi connectivity index (χ0n) is 17.8. The van der Waals surface area contributed by atoms with Crippen LogP contribution in [0.4, 0.5) is 0 Å². The van der Waals surface area contributed by atoms with Gasteiger partial charge in [0.05, 0.1) is 5.56 Å². The van der Waals surface area contributed by atoms with Gasteiger partial charge in [0.15, 0.2) is 0 Å². The van der Waals surface area contributed by atoms with E-state index in [2.05, 4.69) is 27.4 Å². The Balaban J connectivity index is 1.55. The molecule has 2 aromatic heterocycles. The van der Waals surface area contributed by atoms with E-state index in [4.69, 9.17) is 9.47 Å². The SMILES string of the molecule is C=CC(=O)OCCOC(=O)c1ccc2c(c1)n1n(-c3cc(C(C)(C)CC)ccc3O)n21. The van der Waals surface area contributed by atoms with Crippen LogP contribution in [0.2, 0.25) is 0 Å². The van der Waals surface area contributed by atoms with Crippen LogP contribution in [0.5, 0.6) is 5.75 Å². The second-order valence-electron chi connectivity index (χ2n) is 8.02. The number of hydrogen-bond donors (Lipinski definition) is 1. The van der Waals surface area contributed by atoms with Crippen molar-refractivity contribution in [1.82, 2.24) is 14.1 Å². The first kappa shape index (κ1) is 20.6. The van der Waals surface area contributed by atoms with Gasteiger partial charge in [-0.2, -0.15) is 0 Å². The molecule has 0 saturated heterocycles. The molecule has 0 aliphatic carbocycles. The molecule has 2 aromatic carbocycles. The number of esters is 2. The van der Waals surface area contributed by atoms with Gasteiger partial charge in [0, 0.05) is 6.08 Å². The summed E-state index contributed by atoms with van der Waals surface area (Å²) in [6.45, 7) is 9.72. The van der Waals surface area contributed by atoms with Crippen LogP contribution in [0, 0.1) is 0 Å². The maximum absolute atomic E-state index is 12.3. The Labute approximate surface area is 179 Å². The summed E-state index contributed by atoms with van der Waals surface area (Å²) in [5.41, 5.74) is 3.98. The number of aromatic hydroxyl groups is 1. The predicted molar refractivity (Wildman–Crippen MR) is 115 cm³/mol. The second-order valence-corrected chi connectivity index (χ2v) is 8.02. The Hall–Kier alpha value is -3.68. The maximum atomic E-state index is 12.3. The molecule has 8 nitrogen and oxygen atoms in total. The van der Waals surface area contributed by atoms with Gasteiger partial charge in [-0.15, -0.1) is 14.1 Å². The highest BCUT2D eigenvalue weighted by Crippen LogP contribution is 2.35. The zero-order chi connectivity index (χ0) is 22.3. The fraction of sp³-hybridized carbons (Fsp3) is 0.304. The maximum Gasteiger partial charge on any atom is 0.338 e. The molecule has 0 spiro atoms. The molecule has 4 rings (SSSR count). The molecule has 4 aromatic rings. The minimum atomic E-state index is -0.562. The molecule has 0 aliphatic rings. The average Bonchev–Trinajstić information content (AvgIpc) is 3.43. The number of nitrogens with zero attached hydrogens (tertiary/aromatic N) is 3. The fourth-order valence-electron chi connectivity index (χ4n) is 3.40. The molecule has 0 aliphatic heterocycles. The van der Waals surface area contributed by atoms with Crippen molar-refractivity contribution in [3.63, 3.8) is 0 Å². The van der Waals surface area contributed by atoms with E-state index in [0.29, 0.717) is 11.3 Å². The van der Waals surface area contributed by atoms with E-state index in [1.165, 1.54) is 0 Å². The van der Waals surface area contributed by atoms with E-state index in [0.717, 1.165) is 29.1 Å². The van der Waals surface area contributed by atoms with Gasteiger partial charge < -0.3 is 14.6 Å². The van der Waals surface area contributed by atoms with Crippen LogP contribution in [-0.4, -0.2) is 44.3 Å². The summed E-state index contributed by atoms with van der Waals surface area (Å²) in [7, 11) is 0. The molecule has 162 valence electrons. The molecule has 0 atom stereocenters. The van der Waals surface area contributed by atoms with Crippen LogP contribution in [0.25, 0.3) is 16.7 Å². The number of phenolic OH excluding ortho intramolecular Hbond substituents is 1. The predicted octanol–water partition coefficient (Wildman–Crippen LogP) is 3.70. The summed E-state index contributed by atoms with van der Waals surface area (Å²) in [6.07, 6.45) is 2.03. The molecule has 0 unspecified atom stereocenters. The van der Waals surface area contributed by atoms with Gasteiger partial charge in [-0.25, -0.2) is 9.59 Å². The Morgan fingerprint density at radius 3 is 2.48 bits per heavy atom. The van der Waals surface area contributed by atoms with Crippen molar-refractivity contribution < 1.29 is 24.2 Å². The van der Waals surface area contributed by atoms with Gasteiger partial charge >= 0.3 is 11.9 Å². The Morgan fingerprint density at radius 2 is 1.77 bits per heavy atom. The van der Waals surface area contributed by atoms with E-state index < -0.39 is 11.9 Å². The van der Waals surface area contributed by atoms with Crippen molar-refractivity contribution in [2.45, 2.75) is 32.6 Å². The van der Waals surface area contributed by atoms with E-state index in [1.807, 2.05) is 32.3 Å². The molecule has 0 saturated carbocycles. The Morgan fingerprint density at radius 1 is 1.06 bits per heavy atom. The van der Waals surface area contributed by atoms with Crippen LogP contribution < -0.4 is 0 Å². The van der Waals surface area contributed by atoms with Crippen LogP contribution in [0.1, 0.15) is 43.1 Å². The van der Waals surface area contributed by atoms with E-state index in [1.54, 1.807) is 18.2 Å². The van der Waals surface area contributed by atoms with Gasteiger partial charge in [-0.05, 0) is 47.7 Å². The number of fused-ring (bicyclic) bond motifs is 4. The van der Waals surface area contributed by atoms with E-state index in [9.17, 15) is 14.7 Å². The quantitative estimate of drug-likeness (QED) is 0.265. The van der Waals surface area contributed by atoms with Crippen molar-refractivity contribution in [2.24, 2.45) is 0 Å². The van der Waals surface area contributed by atoms with Crippen LogP contribution in [0.15, 0.2) is 49.1 Å². The number of phenols is 1. The number of aromatic nitrogens is 3. The van der Waals surface area contributed by atoms with Gasteiger partial charge in [0.1, 0.15) is 35.7 Å². The Kier molecular flexibility index (Phi) is 5.00. The lowest BCUT2D eigenvalue weighted by Gasteiger charge is -2.23. The fourth-order valence-corrected chi connectivity index (χ4v) is 3.40. The third kappa shape index (κ3) is 3.54. The lowest BCUT2D eigenvalue weighted by Crippen LogP contribution is -2.15. The van der Waals surface area contributed by atoms with Gasteiger partial charge in [-0.1, -0.05) is 33.4 Å². The lowest BCUT2D eigenvalue weighted by atomic mass is 9.82. The first-order valence-corrected chi connectivity index (χ1v) is 10.1. The molecule has 0 fully saturated rings. The van der Waals surface area contributed by atoms with Crippen molar-refractivity contribution in [1.29, 1.82) is 0 Å². The number of carbonyl (C=O) groups is 2. The molecule has 0 bridgehead atoms. The summed E-state index contributed by atoms with van der Waals surface area (Å²) in [5, 5.41) is 10.4. The monoisotopic (exact) mass is 423 g/mol. The molecule has 1 N–H and O–H groups in total. The third-order valence-electron chi connectivity index (χ3n) is 5.73. The number of hydrogen-bond acceptors (Lipinski definition) is 5. The lowest BCUT2D eigenvalue weighted by molar-refractivity contribution is -0.138. The van der Waals surface area contributed by atoms with Crippen molar-refractivity contribution >= 4 is 23.0 Å². The molecule has 31 heavy (non-hydrogen) atoms. The highest BCUT2D eigenvalue weighted by molar-refractivity contribution is 5.94. The normalized spacial score (nSPS) is 12.0. The zero-order valence-corrected chi connectivity index (χ0v) is 17.8. The summed E-state index contributed by atoms with van der Waals surface area (Å²) in [4.78, 5) is 25.2. The minimum Gasteiger partial charge on any atom is -0.506 e. The van der Waals surface area contributed by atoms with Crippen LogP contribution in [-0.2, 0) is 19.7 Å². The van der Waals surface area contributed by atoms with Crippen molar-refractivity contribution in [3.8, 4) is 11.4 Å². The number of rotatable bonds is 8. The second kappa shape index (κ2) is 7.54. The standard InChI is InChI=1S/C23H25N3O5/c1-5-21(28)30-11-12-31-22(29)15-7-9-17-18(13-15)25-24(17)26(25)19-14-16(8-10-20(19)27)23(3,4)6-2/h5,7-10,13-14,27H,1,6,11-12H2,2-4H3. The number of carbonyl (C=O) groups excluding carboxylic acids is 2. The van der Waals surface area contributed by atoms with Crippen LogP contribution in [0.3, 0.4) is 0 Å². The third-order valence-corrected chi connectivity index (χ3v) is 5.73. The number of ether oxygens (including phenoxy) is 2. The topological polar surface area (TPSA) is 86.6 Å². The first-order valence-electron chi connectivity index (χ1n) is 10.1. The van der Waals surface area contributed by atoms with Crippen LogP contribution >= 0.6 is 0 Å². The smallest absolute Gasteiger partial charge is 0.338 e. The largest absolute Gasteiger partial charge is 0.506 e. The highest BCUT2D eigenvalue weighted by Gasteiger charge is 2.28. The summed E-state index contributed by atoms with van der Waals surface area (Å²) in [6, 6.07) is 10.9. The molecule has 0 amide bonds. The molecular weight excluding hydrogens is 398 g/mol. The highest BCUT2D eigenvalue weighted by atomic mass is 16.6. The molecule has 2 heterocycles.